The van der Waals surface area contributed by atoms with Gasteiger partial charge in [0.05, 0.1) is 11.2 Å². The van der Waals surface area contributed by atoms with Crippen molar-refractivity contribution in [1.82, 2.24) is 9.78 Å². The van der Waals surface area contributed by atoms with Crippen LogP contribution in [0.4, 0.5) is 0 Å². The average molecular weight is 156 g/mol. The van der Waals surface area contributed by atoms with Crippen LogP contribution in [0.25, 0.3) is 0 Å². The summed E-state index contributed by atoms with van der Waals surface area (Å²) in [6, 6.07) is 1.96. The highest BCUT2D eigenvalue weighted by molar-refractivity contribution is 6.31. The van der Waals surface area contributed by atoms with E-state index in [0.717, 1.165) is 0 Å². The smallest absolute Gasteiger partial charge is 0.157 e. The van der Waals surface area contributed by atoms with E-state index in [4.69, 9.17) is 16.9 Å². The van der Waals surface area contributed by atoms with E-state index >= 15 is 0 Å². The Morgan fingerprint density at radius 2 is 2.60 bits per heavy atom. The van der Waals surface area contributed by atoms with Gasteiger partial charge < -0.3 is 0 Å². The molecule has 4 heteroatoms. The molecule has 0 bridgehead atoms. The lowest BCUT2D eigenvalue weighted by molar-refractivity contribution is 0.651. The summed E-state index contributed by atoms with van der Waals surface area (Å²) >= 11 is 5.62. The summed E-state index contributed by atoms with van der Waals surface area (Å²) in [4.78, 5) is 0. The molecule has 1 heterocycles. The van der Waals surface area contributed by atoms with Gasteiger partial charge in [-0.2, -0.15) is 10.4 Å². The van der Waals surface area contributed by atoms with Crippen LogP contribution in [-0.2, 0) is 6.54 Å². The number of hydrogen-bond acceptors (Lipinski definition) is 2. The van der Waals surface area contributed by atoms with Crippen molar-refractivity contribution < 1.29 is 0 Å². The predicted octanol–water partition coefficient (Wildman–Crippen LogP) is 1.43. The summed E-state index contributed by atoms with van der Waals surface area (Å²) in [7, 11) is 0. The molecule has 0 atom stereocenters. The number of aromatic nitrogens is 2. The second-order valence-corrected chi connectivity index (χ2v) is 2.18. The number of nitriles is 1. The molecule has 0 aliphatic carbocycles. The Morgan fingerprint density at radius 3 is 3.00 bits per heavy atom. The number of hydrogen-bond donors (Lipinski definition) is 0. The highest BCUT2D eigenvalue weighted by Gasteiger charge is 2.04. The van der Waals surface area contributed by atoms with Crippen LogP contribution >= 0.6 is 11.6 Å². The van der Waals surface area contributed by atoms with Gasteiger partial charge in [-0.15, -0.1) is 0 Å². The van der Waals surface area contributed by atoms with Crippen molar-refractivity contribution in [3.05, 3.63) is 16.9 Å². The molecule has 0 amide bonds. The van der Waals surface area contributed by atoms with E-state index in [-0.39, 0.29) is 0 Å². The summed E-state index contributed by atoms with van der Waals surface area (Å²) in [6.07, 6.45) is 1.48. The van der Waals surface area contributed by atoms with E-state index in [0.29, 0.717) is 17.3 Å². The lowest BCUT2D eigenvalue weighted by Crippen LogP contribution is -1.98. The third kappa shape index (κ3) is 0.981. The van der Waals surface area contributed by atoms with Crippen molar-refractivity contribution >= 4 is 11.6 Å². The average Bonchev–Trinajstić information content (AvgIpc) is 2.30. The van der Waals surface area contributed by atoms with Crippen molar-refractivity contribution in [3.8, 4) is 6.07 Å². The number of nitrogens with zero attached hydrogens (tertiary/aromatic N) is 3. The van der Waals surface area contributed by atoms with Crippen LogP contribution in [0.2, 0.25) is 5.02 Å². The molecule has 1 aromatic rings. The second-order valence-electron chi connectivity index (χ2n) is 1.77. The zero-order valence-electron chi connectivity index (χ0n) is 5.50. The normalized spacial score (nSPS) is 9.30. The van der Waals surface area contributed by atoms with Gasteiger partial charge in [0, 0.05) is 6.54 Å². The monoisotopic (exact) mass is 155 g/mol. The van der Waals surface area contributed by atoms with Crippen molar-refractivity contribution in [2.24, 2.45) is 0 Å². The lowest BCUT2D eigenvalue weighted by atomic mass is 10.5. The number of aryl methyl sites for hydroxylation is 1. The van der Waals surface area contributed by atoms with Crippen LogP contribution in [0.5, 0.6) is 0 Å². The van der Waals surface area contributed by atoms with Gasteiger partial charge in [-0.05, 0) is 6.92 Å². The molecule has 0 fully saturated rings. The summed E-state index contributed by atoms with van der Waals surface area (Å²) in [5.41, 5.74) is 0.434. The molecule has 10 heavy (non-hydrogen) atoms. The Labute approximate surface area is 63.8 Å². The standard InChI is InChI=1S/C6H6ClN3/c1-2-10-6(3-8)5(7)4-9-10/h4H,2H2,1H3. The van der Waals surface area contributed by atoms with Gasteiger partial charge in [-0.1, -0.05) is 11.6 Å². The molecule has 0 N–H and O–H groups in total. The van der Waals surface area contributed by atoms with Gasteiger partial charge >= 0.3 is 0 Å². The SMILES string of the molecule is CCn1ncc(Cl)c1C#N. The zero-order chi connectivity index (χ0) is 7.56. The van der Waals surface area contributed by atoms with Crippen LogP contribution in [-0.4, -0.2) is 9.78 Å². The maximum Gasteiger partial charge on any atom is 0.157 e. The first-order valence-corrected chi connectivity index (χ1v) is 3.28. The first-order chi connectivity index (χ1) is 4.79. The minimum Gasteiger partial charge on any atom is -0.254 e. The number of rotatable bonds is 1. The maximum absolute atomic E-state index is 8.52. The first-order valence-electron chi connectivity index (χ1n) is 2.91. The zero-order valence-corrected chi connectivity index (χ0v) is 6.26. The molecule has 1 rings (SSSR count). The molecular formula is C6H6ClN3. The van der Waals surface area contributed by atoms with Crippen LogP contribution in [0.1, 0.15) is 12.6 Å². The molecule has 52 valence electrons. The van der Waals surface area contributed by atoms with E-state index < -0.39 is 0 Å². The second kappa shape index (κ2) is 2.72. The fraction of sp³-hybridized carbons (Fsp3) is 0.333. The first kappa shape index (κ1) is 7.10. The summed E-state index contributed by atoms with van der Waals surface area (Å²) < 4.78 is 1.56. The molecule has 0 aliphatic rings. The minimum atomic E-state index is 0.421. The molecule has 0 spiro atoms. The predicted molar refractivity (Wildman–Crippen MR) is 37.6 cm³/mol. The van der Waals surface area contributed by atoms with Gasteiger partial charge in [0.1, 0.15) is 6.07 Å². The Morgan fingerprint density at radius 1 is 1.90 bits per heavy atom. The van der Waals surface area contributed by atoms with E-state index in [1.807, 2.05) is 13.0 Å². The van der Waals surface area contributed by atoms with Crippen molar-refractivity contribution in [3.63, 3.8) is 0 Å². The Kier molecular flexibility index (Phi) is 1.93. The molecule has 0 unspecified atom stereocenters. The van der Waals surface area contributed by atoms with Crippen molar-refractivity contribution in [2.45, 2.75) is 13.5 Å². The van der Waals surface area contributed by atoms with Gasteiger partial charge in [0.15, 0.2) is 5.69 Å². The molecule has 0 aromatic carbocycles. The quantitative estimate of drug-likeness (QED) is 0.616. The molecule has 0 radical (unpaired) electrons. The molecule has 1 aromatic heterocycles. The third-order valence-corrected chi connectivity index (χ3v) is 1.48. The van der Waals surface area contributed by atoms with Crippen LogP contribution in [0.3, 0.4) is 0 Å². The maximum atomic E-state index is 8.52. The van der Waals surface area contributed by atoms with Gasteiger partial charge in [0.2, 0.25) is 0 Å². The van der Waals surface area contributed by atoms with Crippen LogP contribution in [0, 0.1) is 11.3 Å². The molecule has 0 saturated heterocycles. The van der Waals surface area contributed by atoms with E-state index in [1.165, 1.54) is 6.20 Å². The number of halogens is 1. The van der Waals surface area contributed by atoms with E-state index in [2.05, 4.69) is 5.10 Å². The van der Waals surface area contributed by atoms with Gasteiger partial charge in [0.25, 0.3) is 0 Å². The molecule has 3 nitrogen and oxygen atoms in total. The fourth-order valence-electron chi connectivity index (χ4n) is 0.713. The fourth-order valence-corrected chi connectivity index (χ4v) is 0.897. The largest absolute Gasteiger partial charge is 0.254 e. The molecule has 0 aliphatic heterocycles. The Balaban J connectivity index is 3.17. The Hall–Kier alpha value is -1.01. The molecular weight excluding hydrogens is 150 g/mol. The van der Waals surface area contributed by atoms with E-state index in [1.54, 1.807) is 4.68 Å². The highest BCUT2D eigenvalue weighted by Crippen LogP contribution is 2.12. The van der Waals surface area contributed by atoms with Crippen molar-refractivity contribution in [2.75, 3.05) is 0 Å². The van der Waals surface area contributed by atoms with Gasteiger partial charge in [-0.3, -0.25) is 4.68 Å². The minimum absolute atomic E-state index is 0.421. The lowest BCUT2D eigenvalue weighted by Gasteiger charge is -1.93. The Bertz CT molecular complexity index is 271. The summed E-state index contributed by atoms with van der Waals surface area (Å²) in [5, 5.41) is 12.8. The van der Waals surface area contributed by atoms with Crippen LogP contribution in [0.15, 0.2) is 6.20 Å². The summed E-state index contributed by atoms with van der Waals surface area (Å²) in [6.45, 7) is 2.58. The van der Waals surface area contributed by atoms with Crippen molar-refractivity contribution in [1.29, 1.82) is 5.26 Å². The summed E-state index contributed by atoms with van der Waals surface area (Å²) in [5.74, 6) is 0. The van der Waals surface area contributed by atoms with E-state index in [9.17, 15) is 0 Å². The highest BCUT2D eigenvalue weighted by atomic mass is 35.5. The topological polar surface area (TPSA) is 41.6 Å². The van der Waals surface area contributed by atoms with Crippen LogP contribution < -0.4 is 0 Å². The third-order valence-electron chi connectivity index (χ3n) is 1.20. The van der Waals surface area contributed by atoms with Gasteiger partial charge in [-0.25, -0.2) is 0 Å². The molecule has 0 saturated carbocycles.